The quantitative estimate of drug-likeness (QED) is 0.922. The highest BCUT2D eigenvalue weighted by Crippen LogP contribution is 2.24. The van der Waals surface area contributed by atoms with Crippen molar-refractivity contribution in [2.75, 3.05) is 18.3 Å². The Balaban J connectivity index is 2.26. The maximum absolute atomic E-state index is 11.9. The van der Waals surface area contributed by atoms with Crippen LogP contribution in [0.4, 0.5) is 5.69 Å². The van der Waals surface area contributed by atoms with Crippen LogP contribution in [0.1, 0.15) is 6.92 Å². The molecule has 1 aromatic heterocycles. The van der Waals surface area contributed by atoms with Crippen molar-refractivity contribution >= 4 is 27.2 Å². The predicted octanol–water partition coefficient (Wildman–Crippen LogP) is 2.42. The van der Waals surface area contributed by atoms with Crippen LogP contribution in [0.3, 0.4) is 0 Å². The third-order valence-corrected chi connectivity index (χ3v) is 5.04. The average molecular weight is 297 g/mol. The van der Waals surface area contributed by atoms with Crippen molar-refractivity contribution in [2.45, 2.75) is 6.92 Å². The number of nitrogens with zero attached hydrogens (tertiary/aromatic N) is 2. The fourth-order valence-electron chi connectivity index (χ4n) is 1.48. The summed E-state index contributed by atoms with van der Waals surface area (Å²) in [7, 11) is -1.95. The summed E-state index contributed by atoms with van der Waals surface area (Å²) in [5, 5.41) is 2.75. The molecule has 2 rings (SSSR count). The Morgan fingerprint density at radius 2 is 2.21 bits per heavy atom. The molecule has 0 aliphatic rings. The highest BCUT2D eigenvalue weighted by atomic mass is 32.2. The summed E-state index contributed by atoms with van der Waals surface area (Å²) in [5.74, 6) is 0. The van der Waals surface area contributed by atoms with Gasteiger partial charge in [-0.15, -0.1) is 11.3 Å². The van der Waals surface area contributed by atoms with Gasteiger partial charge in [0.1, 0.15) is 5.01 Å². The first kappa shape index (κ1) is 14.0. The molecule has 0 saturated carbocycles. The third-order valence-electron chi connectivity index (χ3n) is 2.64. The molecule has 1 N–H and O–H groups in total. The van der Waals surface area contributed by atoms with E-state index in [1.54, 1.807) is 31.3 Å². The summed E-state index contributed by atoms with van der Waals surface area (Å²) in [6.45, 7) is 2.20. The van der Waals surface area contributed by atoms with Crippen LogP contribution in [0.5, 0.6) is 0 Å². The molecule has 19 heavy (non-hydrogen) atoms. The zero-order chi connectivity index (χ0) is 13.9. The number of hydrogen-bond donors (Lipinski definition) is 1. The van der Waals surface area contributed by atoms with Crippen molar-refractivity contribution in [2.24, 2.45) is 0 Å². The van der Waals surface area contributed by atoms with Gasteiger partial charge in [0.15, 0.2) is 0 Å². The molecule has 0 aliphatic heterocycles. The number of benzene rings is 1. The fourth-order valence-corrected chi connectivity index (χ4v) is 3.03. The minimum absolute atomic E-state index is 0.418. The highest BCUT2D eigenvalue weighted by Gasteiger charge is 2.15. The molecule has 0 bridgehead atoms. The number of hydrogen-bond acceptors (Lipinski definition) is 4. The van der Waals surface area contributed by atoms with Gasteiger partial charge < -0.3 is 0 Å². The first-order valence-electron chi connectivity index (χ1n) is 5.77. The Bertz CT molecular complexity index is 639. The third kappa shape index (κ3) is 3.31. The largest absolute Gasteiger partial charge is 0.301 e. The maximum atomic E-state index is 11.9. The van der Waals surface area contributed by atoms with Crippen molar-refractivity contribution in [1.29, 1.82) is 0 Å². The first-order chi connectivity index (χ1) is 9.03. The van der Waals surface area contributed by atoms with E-state index in [9.17, 15) is 8.42 Å². The molecule has 0 amide bonds. The zero-order valence-corrected chi connectivity index (χ0v) is 12.3. The Kier molecular flexibility index (Phi) is 4.18. The Morgan fingerprint density at radius 1 is 1.42 bits per heavy atom. The van der Waals surface area contributed by atoms with Crippen LogP contribution in [-0.4, -0.2) is 31.3 Å². The molecule has 0 spiro atoms. The van der Waals surface area contributed by atoms with E-state index in [1.165, 1.54) is 22.7 Å². The monoisotopic (exact) mass is 297 g/mol. The Hall–Kier alpha value is -1.44. The second-order valence-corrected chi connectivity index (χ2v) is 6.61. The van der Waals surface area contributed by atoms with Gasteiger partial charge in [-0.2, -0.15) is 12.7 Å². The Labute approximate surface area is 117 Å². The zero-order valence-electron chi connectivity index (χ0n) is 10.7. The average Bonchev–Trinajstić information content (AvgIpc) is 2.91. The number of anilines is 1. The SMILES string of the molecule is CCN(C)S(=O)(=O)Nc1cccc(-c2nccs2)c1. The van der Waals surface area contributed by atoms with Gasteiger partial charge >= 0.3 is 10.2 Å². The minimum Gasteiger partial charge on any atom is -0.271 e. The molecule has 7 heteroatoms. The van der Waals surface area contributed by atoms with E-state index in [4.69, 9.17) is 0 Å². The second kappa shape index (κ2) is 5.68. The molecule has 0 unspecified atom stereocenters. The lowest BCUT2D eigenvalue weighted by atomic mass is 10.2. The molecule has 0 fully saturated rings. The van der Waals surface area contributed by atoms with Gasteiger partial charge in [0, 0.05) is 30.7 Å². The summed E-state index contributed by atoms with van der Waals surface area (Å²) in [6.07, 6.45) is 1.72. The first-order valence-corrected chi connectivity index (χ1v) is 8.09. The van der Waals surface area contributed by atoms with E-state index < -0.39 is 10.2 Å². The van der Waals surface area contributed by atoms with Gasteiger partial charge in [-0.1, -0.05) is 19.1 Å². The highest BCUT2D eigenvalue weighted by molar-refractivity contribution is 7.90. The molecular formula is C12H15N3O2S2. The predicted molar refractivity (Wildman–Crippen MR) is 78.4 cm³/mol. The molecule has 102 valence electrons. The fraction of sp³-hybridized carbons (Fsp3) is 0.250. The van der Waals surface area contributed by atoms with Crippen LogP contribution in [0, 0.1) is 0 Å². The molecule has 0 atom stereocenters. The summed E-state index contributed by atoms with van der Waals surface area (Å²) >= 11 is 1.51. The van der Waals surface area contributed by atoms with Gasteiger partial charge in [0.05, 0.1) is 5.69 Å². The molecule has 0 aliphatic carbocycles. The van der Waals surface area contributed by atoms with Gasteiger partial charge in [-0.05, 0) is 12.1 Å². The summed E-state index contributed by atoms with van der Waals surface area (Å²) < 4.78 is 27.7. The van der Waals surface area contributed by atoms with Crippen molar-refractivity contribution in [1.82, 2.24) is 9.29 Å². The summed E-state index contributed by atoms with van der Waals surface area (Å²) in [6, 6.07) is 7.21. The van der Waals surface area contributed by atoms with Crippen LogP contribution in [0.25, 0.3) is 10.6 Å². The van der Waals surface area contributed by atoms with Crippen LogP contribution in [-0.2, 0) is 10.2 Å². The lowest BCUT2D eigenvalue weighted by Gasteiger charge is -2.16. The molecule has 0 radical (unpaired) electrons. The lowest BCUT2D eigenvalue weighted by Crippen LogP contribution is -2.32. The van der Waals surface area contributed by atoms with E-state index in [0.717, 1.165) is 10.6 Å². The van der Waals surface area contributed by atoms with E-state index in [2.05, 4.69) is 9.71 Å². The molecule has 1 aromatic carbocycles. The molecular weight excluding hydrogens is 282 g/mol. The molecule has 0 saturated heterocycles. The van der Waals surface area contributed by atoms with Crippen molar-refractivity contribution in [3.8, 4) is 10.6 Å². The topological polar surface area (TPSA) is 62.3 Å². The molecule has 1 heterocycles. The van der Waals surface area contributed by atoms with E-state index in [-0.39, 0.29) is 0 Å². The van der Waals surface area contributed by atoms with Gasteiger partial charge in [0.2, 0.25) is 0 Å². The van der Waals surface area contributed by atoms with Gasteiger partial charge in [-0.25, -0.2) is 4.98 Å². The van der Waals surface area contributed by atoms with Gasteiger partial charge in [-0.3, -0.25) is 4.72 Å². The van der Waals surface area contributed by atoms with Gasteiger partial charge in [0.25, 0.3) is 0 Å². The van der Waals surface area contributed by atoms with E-state index >= 15 is 0 Å². The summed E-state index contributed by atoms with van der Waals surface area (Å²) in [5.41, 5.74) is 1.43. The summed E-state index contributed by atoms with van der Waals surface area (Å²) in [4.78, 5) is 4.21. The van der Waals surface area contributed by atoms with Crippen LogP contribution in [0.2, 0.25) is 0 Å². The van der Waals surface area contributed by atoms with Crippen LogP contribution >= 0.6 is 11.3 Å². The number of aromatic nitrogens is 1. The number of nitrogens with one attached hydrogen (secondary N) is 1. The lowest BCUT2D eigenvalue weighted by molar-refractivity contribution is 0.491. The smallest absolute Gasteiger partial charge is 0.271 e. The Morgan fingerprint density at radius 3 is 2.84 bits per heavy atom. The van der Waals surface area contributed by atoms with Crippen LogP contribution < -0.4 is 4.72 Å². The standard InChI is InChI=1S/C12H15N3O2S2/c1-3-15(2)19(16,17)14-11-6-4-5-10(9-11)12-13-7-8-18-12/h4-9,14H,3H2,1-2H3. The van der Waals surface area contributed by atoms with Crippen molar-refractivity contribution in [3.05, 3.63) is 35.8 Å². The second-order valence-electron chi connectivity index (χ2n) is 3.94. The van der Waals surface area contributed by atoms with Crippen molar-refractivity contribution < 1.29 is 8.42 Å². The van der Waals surface area contributed by atoms with E-state index in [0.29, 0.717) is 12.2 Å². The number of rotatable bonds is 5. The molecule has 2 aromatic rings. The molecule has 5 nitrogen and oxygen atoms in total. The minimum atomic E-state index is -3.48. The number of thiazole rings is 1. The van der Waals surface area contributed by atoms with E-state index in [1.807, 2.05) is 11.4 Å². The van der Waals surface area contributed by atoms with Crippen molar-refractivity contribution in [3.63, 3.8) is 0 Å². The van der Waals surface area contributed by atoms with Crippen LogP contribution in [0.15, 0.2) is 35.8 Å². The maximum Gasteiger partial charge on any atom is 0.301 e. The normalized spacial score (nSPS) is 11.7.